The fourth-order valence-corrected chi connectivity index (χ4v) is 3.99. The summed E-state index contributed by atoms with van der Waals surface area (Å²) >= 11 is 10.4. The third kappa shape index (κ3) is 4.94. The van der Waals surface area contributed by atoms with E-state index < -0.39 is 0 Å². The van der Waals surface area contributed by atoms with Crippen LogP contribution in [-0.2, 0) is 11.3 Å². The molecular weight excluding hydrogens is 450 g/mol. The smallest absolute Gasteiger partial charge is 0.293 e. The molecule has 3 rings (SSSR count). The van der Waals surface area contributed by atoms with Crippen LogP contribution in [-0.4, -0.2) is 22.7 Å². The van der Waals surface area contributed by atoms with Crippen LogP contribution in [0.25, 0.3) is 6.08 Å². The van der Waals surface area contributed by atoms with Crippen LogP contribution in [0.3, 0.4) is 0 Å². The number of hydrogen-bond acceptors (Lipinski definition) is 4. The van der Waals surface area contributed by atoms with Crippen molar-refractivity contribution in [2.75, 3.05) is 6.61 Å². The highest BCUT2D eigenvalue weighted by Gasteiger charge is 2.35. The second-order valence-electron chi connectivity index (χ2n) is 5.93. The molecule has 1 aliphatic heterocycles. The number of amides is 2. The zero-order valence-corrected chi connectivity index (χ0v) is 17.7. The Bertz CT molecular complexity index is 916. The summed E-state index contributed by atoms with van der Waals surface area (Å²) < 4.78 is 6.62. The van der Waals surface area contributed by atoms with Gasteiger partial charge in [-0.2, -0.15) is 0 Å². The van der Waals surface area contributed by atoms with Gasteiger partial charge in [-0.05, 0) is 60.2 Å². The molecule has 27 heavy (non-hydrogen) atoms. The second-order valence-corrected chi connectivity index (χ2v) is 8.27. The van der Waals surface area contributed by atoms with Crippen molar-refractivity contribution in [3.63, 3.8) is 0 Å². The zero-order chi connectivity index (χ0) is 19.4. The Kier molecular flexibility index (Phi) is 6.63. The SMILES string of the molecule is CCCOc1ccc(Br)cc1/C=C1\SC(=O)N(Cc2cccc(Cl)c2)C1=O. The monoisotopic (exact) mass is 465 g/mol. The van der Waals surface area contributed by atoms with Crippen molar-refractivity contribution in [1.82, 2.24) is 4.90 Å². The van der Waals surface area contributed by atoms with E-state index in [9.17, 15) is 9.59 Å². The summed E-state index contributed by atoms with van der Waals surface area (Å²) in [4.78, 5) is 26.7. The Hall–Kier alpha value is -1.76. The highest BCUT2D eigenvalue weighted by atomic mass is 79.9. The fraction of sp³-hybridized carbons (Fsp3) is 0.200. The van der Waals surface area contributed by atoms with Crippen LogP contribution in [0.15, 0.2) is 51.8 Å². The molecule has 0 N–H and O–H groups in total. The number of benzene rings is 2. The highest BCUT2D eigenvalue weighted by Crippen LogP contribution is 2.35. The van der Waals surface area contributed by atoms with Crippen LogP contribution in [0.2, 0.25) is 5.02 Å². The Morgan fingerprint density at radius 3 is 2.78 bits per heavy atom. The van der Waals surface area contributed by atoms with Gasteiger partial charge in [-0.3, -0.25) is 14.5 Å². The van der Waals surface area contributed by atoms with E-state index in [0.717, 1.165) is 33.8 Å². The molecule has 2 amide bonds. The lowest BCUT2D eigenvalue weighted by Crippen LogP contribution is -2.27. The number of ether oxygens (including phenoxy) is 1. The molecule has 2 aromatic rings. The molecule has 0 aromatic heterocycles. The van der Waals surface area contributed by atoms with Crippen molar-refractivity contribution in [3.8, 4) is 5.75 Å². The van der Waals surface area contributed by atoms with E-state index >= 15 is 0 Å². The summed E-state index contributed by atoms with van der Waals surface area (Å²) in [7, 11) is 0. The molecule has 1 heterocycles. The summed E-state index contributed by atoms with van der Waals surface area (Å²) in [5.41, 5.74) is 1.56. The number of rotatable bonds is 6. The minimum Gasteiger partial charge on any atom is -0.493 e. The molecule has 0 radical (unpaired) electrons. The molecule has 0 unspecified atom stereocenters. The fourth-order valence-electron chi connectivity index (χ4n) is 2.57. The van der Waals surface area contributed by atoms with E-state index in [0.29, 0.717) is 22.3 Å². The summed E-state index contributed by atoms with van der Waals surface area (Å²) in [6.45, 7) is 2.80. The standard InChI is InChI=1S/C20H17BrClNO3S/c1-2-8-26-17-7-6-15(21)10-14(17)11-18-19(24)23(20(25)27-18)12-13-4-3-5-16(22)9-13/h3-7,9-11H,2,8,12H2,1H3/b18-11-. The first kappa shape index (κ1) is 20.0. The lowest BCUT2D eigenvalue weighted by Gasteiger charge is -2.12. The predicted molar refractivity (Wildman–Crippen MR) is 113 cm³/mol. The number of thioether (sulfide) groups is 1. The van der Waals surface area contributed by atoms with Gasteiger partial charge >= 0.3 is 0 Å². The number of carbonyl (C=O) groups excluding carboxylic acids is 2. The zero-order valence-electron chi connectivity index (χ0n) is 14.6. The molecule has 7 heteroatoms. The van der Waals surface area contributed by atoms with E-state index in [1.807, 2.05) is 31.2 Å². The topological polar surface area (TPSA) is 46.6 Å². The Labute approximate surface area is 175 Å². The average molecular weight is 467 g/mol. The van der Waals surface area contributed by atoms with Crippen LogP contribution in [0.1, 0.15) is 24.5 Å². The van der Waals surface area contributed by atoms with Crippen LogP contribution < -0.4 is 4.74 Å². The van der Waals surface area contributed by atoms with Crippen molar-refractivity contribution in [1.29, 1.82) is 0 Å². The first-order chi connectivity index (χ1) is 13.0. The number of halogens is 2. The Balaban J connectivity index is 1.85. The largest absolute Gasteiger partial charge is 0.493 e. The van der Waals surface area contributed by atoms with E-state index in [2.05, 4.69) is 15.9 Å². The van der Waals surface area contributed by atoms with Gasteiger partial charge in [-0.1, -0.05) is 46.6 Å². The molecule has 0 aliphatic carbocycles. The van der Waals surface area contributed by atoms with Gasteiger partial charge in [0.05, 0.1) is 18.1 Å². The summed E-state index contributed by atoms with van der Waals surface area (Å²) in [6, 6.07) is 12.7. The van der Waals surface area contributed by atoms with Crippen LogP contribution in [0.5, 0.6) is 5.75 Å². The van der Waals surface area contributed by atoms with E-state index in [1.165, 1.54) is 4.90 Å². The highest BCUT2D eigenvalue weighted by molar-refractivity contribution is 9.10. The molecule has 0 spiro atoms. The first-order valence-corrected chi connectivity index (χ1v) is 10.4. The van der Waals surface area contributed by atoms with Gasteiger partial charge in [0, 0.05) is 15.1 Å². The number of imide groups is 1. The molecule has 140 valence electrons. The van der Waals surface area contributed by atoms with E-state index in [1.54, 1.807) is 24.3 Å². The van der Waals surface area contributed by atoms with Crippen molar-refractivity contribution >= 4 is 56.5 Å². The van der Waals surface area contributed by atoms with Gasteiger partial charge in [0.15, 0.2) is 0 Å². The number of hydrogen-bond donors (Lipinski definition) is 0. The Morgan fingerprint density at radius 1 is 1.22 bits per heavy atom. The van der Waals surface area contributed by atoms with E-state index in [-0.39, 0.29) is 17.7 Å². The minimum atomic E-state index is -0.314. The predicted octanol–water partition coefficient (Wildman–Crippen LogP) is 6.13. The third-order valence-corrected chi connectivity index (χ3v) is 5.46. The van der Waals surface area contributed by atoms with Gasteiger partial charge in [0.2, 0.25) is 0 Å². The van der Waals surface area contributed by atoms with Crippen LogP contribution >= 0.6 is 39.3 Å². The number of carbonyl (C=O) groups is 2. The lowest BCUT2D eigenvalue weighted by molar-refractivity contribution is -0.123. The van der Waals surface area contributed by atoms with Crippen LogP contribution in [0, 0.1) is 0 Å². The van der Waals surface area contributed by atoms with Gasteiger partial charge in [0.25, 0.3) is 11.1 Å². The quantitative estimate of drug-likeness (QED) is 0.481. The first-order valence-electron chi connectivity index (χ1n) is 8.40. The van der Waals surface area contributed by atoms with Gasteiger partial charge < -0.3 is 4.74 Å². The maximum Gasteiger partial charge on any atom is 0.293 e. The summed E-state index contributed by atoms with van der Waals surface area (Å²) in [5, 5.41) is 0.277. The van der Waals surface area contributed by atoms with Gasteiger partial charge in [0.1, 0.15) is 5.75 Å². The molecule has 1 fully saturated rings. The second kappa shape index (κ2) is 8.95. The van der Waals surface area contributed by atoms with E-state index in [4.69, 9.17) is 16.3 Å². The molecule has 4 nitrogen and oxygen atoms in total. The van der Waals surface area contributed by atoms with Crippen molar-refractivity contribution in [2.45, 2.75) is 19.9 Å². The number of nitrogens with zero attached hydrogens (tertiary/aromatic N) is 1. The summed E-state index contributed by atoms with van der Waals surface area (Å²) in [6.07, 6.45) is 2.59. The molecule has 1 saturated heterocycles. The normalized spacial score (nSPS) is 15.7. The molecule has 1 aliphatic rings. The summed E-state index contributed by atoms with van der Waals surface area (Å²) in [5.74, 6) is 0.369. The van der Waals surface area contributed by atoms with Crippen molar-refractivity contribution < 1.29 is 14.3 Å². The molecular formula is C20H17BrClNO3S. The van der Waals surface area contributed by atoms with Crippen molar-refractivity contribution in [2.24, 2.45) is 0 Å². The maximum atomic E-state index is 12.8. The molecule has 0 saturated carbocycles. The Morgan fingerprint density at radius 2 is 2.04 bits per heavy atom. The molecule has 2 aromatic carbocycles. The van der Waals surface area contributed by atoms with Gasteiger partial charge in [-0.15, -0.1) is 0 Å². The average Bonchev–Trinajstić information content (AvgIpc) is 2.89. The lowest BCUT2D eigenvalue weighted by atomic mass is 10.1. The minimum absolute atomic E-state index is 0.195. The molecule has 0 bridgehead atoms. The maximum absolute atomic E-state index is 12.8. The molecule has 0 atom stereocenters. The van der Waals surface area contributed by atoms with Crippen molar-refractivity contribution in [3.05, 3.63) is 68.0 Å². The van der Waals surface area contributed by atoms with Crippen LogP contribution in [0.4, 0.5) is 4.79 Å². The van der Waals surface area contributed by atoms with Gasteiger partial charge in [-0.25, -0.2) is 0 Å². The third-order valence-electron chi connectivity index (χ3n) is 3.82.